The molecular formula is C16H16ClN9O. The lowest BCUT2D eigenvalue weighted by atomic mass is 10.0. The number of hydrogen-bond acceptors (Lipinski definition) is 8. The van der Waals surface area contributed by atoms with Crippen molar-refractivity contribution in [1.82, 2.24) is 35.5 Å². The number of aryl methyl sites for hydroxylation is 1. The van der Waals surface area contributed by atoms with E-state index >= 15 is 0 Å². The lowest BCUT2D eigenvalue weighted by Gasteiger charge is -2.27. The number of nitrogens with one attached hydrogen (secondary N) is 2. The van der Waals surface area contributed by atoms with Gasteiger partial charge < -0.3 is 15.5 Å². The molecule has 0 radical (unpaired) electrons. The van der Waals surface area contributed by atoms with E-state index in [4.69, 9.17) is 15.7 Å². The predicted octanol–water partition coefficient (Wildman–Crippen LogP) is 1.37. The van der Waals surface area contributed by atoms with Gasteiger partial charge in [0.15, 0.2) is 16.7 Å². The van der Waals surface area contributed by atoms with Crippen molar-refractivity contribution < 1.29 is 8.91 Å². The van der Waals surface area contributed by atoms with Crippen molar-refractivity contribution in [1.29, 1.82) is 0 Å². The second kappa shape index (κ2) is 6.47. The van der Waals surface area contributed by atoms with Crippen LogP contribution in [0.4, 0.5) is 17.2 Å². The maximum atomic E-state index is 12.4. The van der Waals surface area contributed by atoms with Gasteiger partial charge in [0.05, 0.1) is 17.9 Å². The Morgan fingerprint density at radius 1 is 1.33 bits per heavy atom. The number of aromatic nitrogens is 6. The third-order valence-electron chi connectivity index (χ3n) is 4.08. The molecule has 0 aliphatic carbocycles. The molecule has 0 atom stereocenters. The molecule has 0 saturated carbocycles. The van der Waals surface area contributed by atoms with E-state index in [1.165, 1.54) is 10.9 Å². The van der Waals surface area contributed by atoms with Crippen molar-refractivity contribution in [3.8, 4) is 11.3 Å². The standard InChI is InChI=1S/C16H16ClN9O/c1-18-16(27)13-9(6-11(17)21-22-13)20-15-14-8(4-5-19-15)12-10(7-25(14)2)23-26(3)24-12/h4-6H,7H2,1-3H3,(H,18,27)(H,19,20,21)/i1D3. The predicted molar refractivity (Wildman–Crippen MR) is 100 cm³/mol. The highest BCUT2D eigenvalue weighted by Crippen LogP contribution is 2.41. The van der Waals surface area contributed by atoms with Gasteiger partial charge in [-0.1, -0.05) is 11.6 Å². The largest absolute Gasteiger partial charge is 0.365 e. The van der Waals surface area contributed by atoms with Crippen LogP contribution in [-0.2, 0) is 13.6 Å². The highest BCUT2D eigenvalue weighted by atomic mass is 35.5. The Kier molecular flexibility index (Phi) is 3.32. The second-order valence-corrected chi connectivity index (χ2v) is 6.29. The van der Waals surface area contributed by atoms with Crippen molar-refractivity contribution in [2.24, 2.45) is 7.05 Å². The molecule has 4 rings (SSSR count). The zero-order valence-corrected chi connectivity index (χ0v) is 15.1. The Balaban J connectivity index is 1.77. The average Bonchev–Trinajstić information content (AvgIpc) is 3.00. The number of carbonyl (C=O) groups excluding carboxylic acids is 1. The monoisotopic (exact) mass is 388 g/mol. The number of amides is 1. The summed E-state index contributed by atoms with van der Waals surface area (Å²) in [5, 5.41) is 21.2. The summed E-state index contributed by atoms with van der Waals surface area (Å²) in [5.41, 5.74) is 3.05. The number of pyridine rings is 1. The van der Waals surface area contributed by atoms with E-state index in [0.717, 1.165) is 22.6 Å². The first-order valence-corrected chi connectivity index (χ1v) is 8.23. The fourth-order valence-electron chi connectivity index (χ4n) is 3.01. The van der Waals surface area contributed by atoms with Gasteiger partial charge in [-0.15, -0.1) is 10.2 Å². The van der Waals surface area contributed by atoms with Gasteiger partial charge in [0.25, 0.3) is 5.91 Å². The van der Waals surface area contributed by atoms with E-state index in [1.54, 1.807) is 13.2 Å². The zero-order valence-electron chi connectivity index (χ0n) is 17.4. The molecule has 0 fully saturated rings. The van der Waals surface area contributed by atoms with Crippen LogP contribution in [0.2, 0.25) is 5.15 Å². The number of halogens is 1. The summed E-state index contributed by atoms with van der Waals surface area (Å²) in [6.45, 7) is -2.17. The van der Waals surface area contributed by atoms with Crippen LogP contribution in [0.25, 0.3) is 11.3 Å². The van der Waals surface area contributed by atoms with E-state index < -0.39 is 12.9 Å². The summed E-state index contributed by atoms with van der Waals surface area (Å²) in [6.07, 6.45) is 1.59. The van der Waals surface area contributed by atoms with Gasteiger partial charge in [0.2, 0.25) is 0 Å². The van der Waals surface area contributed by atoms with Gasteiger partial charge in [-0.2, -0.15) is 15.0 Å². The molecule has 1 aliphatic rings. The molecule has 138 valence electrons. The molecule has 0 bridgehead atoms. The van der Waals surface area contributed by atoms with E-state index in [1.807, 2.05) is 23.3 Å². The SMILES string of the molecule is [2H]C([2H])([2H])NC(=O)c1nnc(Cl)cc1Nc1nccc2c1N(C)Cc1nn(C)nc1-2. The number of carbonyl (C=O) groups is 1. The van der Waals surface area contributed by atoms with Crippen molar-refractivity contribution in [3.63, 3.8) is 0 Å². The minimum Gasteiger partial charge on any atom is -0.365 e. The van der Waals surface area contributed by atoms with Crippen LogP contribution in [0.3, 0.4) is 0 Å². The molecule has 1 aliphatic heterocycles. The van der Waals surface area contributed by atoms with Crippen molar-refractivity contribution >= 4 is 34.7 Å². The first kappa shape index (κ1) is 13.9. The number of fused-ring (bicyclic) bond motifs is 3. The van der Waals surface area contributed by atoms with Gasteiger partial charge in [0, 0.05) is 43.0 Å². The summed E-state index contributed by atoms with van der Waals surface area (Å²) in [7, 11) is 3.63. The molecule has 0 saturated heterocycles. The maximum Gasteiger partial charge on any atom is 0.273 e. The third kappa shape index (κ3) is 2.93. The lowest BCUT2D eigenvalue weighted by Crippen LogP contribution is -2.24. The molecular weight excluding hydrogens is 370 g/mol. The van der Waals surface area contributed by atoms with Crippen LogP contribution < -0.4 is 15.5 Å². The van der Waals surface area contributed by atoms with Gasteiger partial charge in [-0.3, -0.25) is 4.79 Å². The lowest BCUT2D eigenvalue weighted by molar-refractivity contribution is 0.0958. The molecule has 4 heterocycles. The summed E-state index contributed by atoms with van der Waals surface area (Å²) in [5.74, 6) is -0.505. The molecule has 3 aromatic rings. The molecule has 3 aromatic heterocycles. The summed E-state index contributed by atoms with van der Waals surface area (Å²) in [6, 6.07) is 3.20. The Morgan fingerprint density at radius 3 is 3.00 bits per heavy atom. The van der Waals surface area contributed by atoms with Crippen molar-refractivity contribution in [2.45, 2.75) is 6.54 Å². The fraction of sp³-hybridized carbons (Fsp3) is 0.250. The van der Waals surface area contributed by atoms with E-state index in [2.05, 4.69) is 30.7 Å². The number of nitrogens with zero attached hydrogens (tertiary/aromatic N) is 7. The minimum atomic E-state index is -2.68. The van der Waals surface area contributed by atoms with Crippen molar-refractivity contribution in [3.05, 3.63) is 34.9 Å². The van der Waals surface area contributed by atoms with Crippen LogP contribution in [0.5, 0.6) is 0 Å². The Morgan fingerprint density at radius 2 is 2.19 bits per heavy atom. The topological polar surface area (TPSA) is 114 Å². The Labute approximate surface area is 163 Å². The number of anilines is 3. The van der Waals surface area contributed by atoms with Crippen LogP contribution in [-0.4, -0.2) is 50.1 Å². The first-order valence-electron chi connectivity index (χ1n) is 9.36. The summed E-state index contributed by atoms with van der Waals surface area (Å²) < 4.78 is 21.7. The average molecular weight is 389 g/mol. The van der Waals surface area contributed by atoms with Gasteiger partial charge in [-0.05, 0) is 6.07 Å². The van der Waals surface area contributed by atoms with Crippen LogP contribution in [0.1, 0.15) is 20.3 Å². The van der Waals surface area contributed by atoms with Crippen LogP contribution >= 0.6 is 11.6 Å². The Bertz CT molecular complexity index is 1150. The highest BCUT2D eigenvalue weighted by Gasteiger charge is 2.27. The van der Waals surface area contributed by atoms with Crippen LogP contribution in [0, 0.1) is 0 Å². The molecule has 2 N–H and O–H groups in total. The molecule has 27 heavy (non-hydrogen) atoms. The minimum absolute atomic E-state index is 0.0253. The van der Waals surface area contributed by atoms with Gasteiger partial charge in [-0.25, -0.2) is 4.98 Å². The molecule has 11 heteroatoms. The Hall–Kier alpha value is -3.27. The summed E-state index contributed by atoms with van der Waals surface area (Å²) in [4.78, 5) is 20.2. The quantitative estimate of drug-likeness (QED) is 0.691. The summed E-state index contributed by atoms with van der Waals surface area (Å²) >= 11 is 5.95. The number of rotatable bonds is 3. The highest BCUT2D eigenvalue weighted by molar-refractivity contribution is 6.29. The zero-order chi connectivity index (χ0) is 21.6. The smallest absolute Gasteiger partial charge is 0.273 e. The third-order valence-corrected chi connectivity index (χ3v) is 4.26. The fourth-order valence-corrected chi connectivity index (χ4v) is 3.15. The van der Waals surface area contributed by atoms with Crippen molar-refractivity contribution in [2.75, 3.05) is 24.2 Å². The van der Waals surface area contributed by atoms with E-state index in [0.29, 0.717) is 12.4 Å². The normalized spacial score (nSPS) is 14.5. The number of hydrogen-bond donors (Lipinski definition) is 2. The van der Waals surface area contributed by atoms with Gasteiger partial charge in [0.1, 0.15) is 11.4 Å². The van der Waals surface area contributed by atoms with Gasteiger partial charge >= 0.3 is 0 Å². The molecule has 10 nitrogen and oxygen atoms in total. The van der Waals surface area contributed by atoms with Crippen LogP contribution in [0.15, 0.2) is 18.3 Å². The van der Waals surface area contributed by atoms with E-state index in [9.17, 15) is 4.79 Å². The maximum absolute atomic E-state index is 12.4. The molecule has 0 aromatic carbocycles. The molecule has 0 unspecified atom stereocenters. The second-order valence-electron chi connectivity index (χ2n) is 5.90. The first-order chi connectivity index (χ1) is 14.1. The molecule has 1 amide bonds. The molecule has 0 spiro atoms. The van der Waals surface area contributed by atoms with E-state index in [-0.39, 0.29) is 16.5 Å².